The molecule has 6 heteroatoms. The quantitative estimate of drug-likeness (QED) is 0.495. The maximum absolute atomic E-state index is 5.85. The van der Waals surface area contributed by atoms with Crippen molar-refractivity contribution in [2.24, 2.45) is 0 Å². The maximum Gasteiger partial charge on any atom is 0.161 e. The minimum atomic E-state index is 0.448. The lowest BCUT2D eigenvalue weighted by Gasteiger charge is -2.12. The number of methoxy groups -OCH3 is 2. The van der Waals surface area contributed by atoms with Crippen LogP contribution < -0.4 is 24.3 Å². The van der Waals surface area contributed by atoms with Crippen LogP contribution in [0.3, 0.4) is 0 Å². The lowest BCUT2D eigenvalue weighted by Crippen LogP contribution is -2.29. The second-order valence-electron chi connectivity index (χ2n) is 7.35. The molecule has 2 aromatic rings. The van der Waals surface area contributed by atoms with Crippen LogP contribution in [0.5, 0.6) is 23.0 Å². The number of hydrogen-bond donors (Lipinski definition) is 1. The van der Waals surface area contributed by atoms with E-state index in [2.05, 4.69) is 5.32 Å². The van der Waals surface area contributed by atoms with Crippen molar-refractivity contribution < 1.29 is 23.7 Å². The molecular weight excluding hydrogens is 382 g/mol. The number of benzene rings is 2. The van der Waals surface area contributed by atoms with E-state index >= 15 is 0 Å². The summed E-state index contributed by atoms with van der Waals surface area (Å²) >= 11 is 0. The van der Waals surface area contributed by atoms with E-state index in [0.29, 0.717) is 37.4 Å². The molecule has 1 aliphatic carbocycles. The van der Waals surface area contributed by atoms with Crippen LogP contribution >= 0.6 is 0 Å². The van der Waals surface area contributed by atoms with E-state index in [9.17, 15) is 0 Å². The summed E-state index contributed by atoms with van der Waals surface area (Å²) in [6.45, 7) is 3.21. The Hall–Kier alpha value is -2.44. The first kappa shape index (κ1) is 22.2. The van der Waals surface area contributed by atoms with Crippen LogP contribution in [0, 0.1) is 0 Å². The van der Waals surface area contributed by atoms with Crippen molar-refractivity contribution in [3.63, 3.8) is 0 Å². The molecule has 2 aromatic carbocycles. The summed E-state index contributed by atoms with van der Waals surface area (Å²) in [7, 11) is 3.25. The van der Waals surface area contributed by atoms with Crippen molar-refractivity contribution in [3.8, 4) is 23.0 Å². The smallest absolute Gasteiger partial charge is 0.161 e. The van der Waals surface area contributed by atoms with E-state index in [1.807, 2.05) is 42.5 Å². The Morgan fingerprint density at radius 3 is 2.20 bits per heavy atom. The number of nitrogens with one attached hydrogen (secondary N) is 1. The van der Waals surface area contributed by atoms with Gasteiger partial charge in [-0.15, -0.1) is 0 Å². The first-order valence-electron chi connectivity index (χ1n) is 10.7. The van der Waals surface area contributed by atoms with Gasteiger partial charge in [0.15, 0.2) is 11.5 Å². The Morgan fingerprint density at radius 2 is 1.50 bits per heavy atom. The van der Waals surface area contributed by atoms with Crippen LogP contribution in [-0.4, -0.2) is 46.6 Å². The van der Waals surface area contributed by atoms with Crippen molar-refractivity contribution in [2.75, 3.05) is 40.6 Å². The molecule has 3 rings (SSSR count). The molecule has 0 radical (unpaired) electrons. The van der Waals surface area contributed by atoms with E-state index in [1.54, 1.807) is 14.2 Å². The fraction of sp³-hybridized carbons (Fsp3) is 0.500. The monoisotopic (exact) mass is 415 g/mol. The average molecular weight is 416 g/mol. The number of hydrogen-bond acceptors (Lipinski definition) is 6. The molecule has 0 heterocycles. The van der Waals surface area contributed by atoms with Gasteiger partial charge in [-0.2, -0.15) is 0 Å². The molecule has 0 bridgehead atoms. The Labute approximate surface area is 179 Å². The van der Waals surface area contributed by atoms with Gasteiger partial charge in [0.05, 0.1) is 27.4 Å². The number of rotatable bonds is 13. The molecule has 0 unspecified atom stereocenters. The van der Waals surface area contributed by atoms with Gasteiger partial charge in [0, 0.05) is 12.6 Å². The summed E-state index contributed by atoms with van der Waals surface area (Å²) in [4.78, 5) is 0. The normalized spacial score (nSPS) is 13.9. The Bertz CT molecular complexity index is 744. The molecule has 0 atom stereocenters. The summed E-state index contributed by atoms with van der Waals surface area (Å²) in [5.41, 5.74) is 1.01. The Kier molecular flexibility index (Phi) is 9.12. The van der Waals surface area contributed by atoms with Crippen molar-refractivity contribution >= 4 is 0 Å². The summed E-state index contributed by atoms with van der Waals surface area (Å²) < 4.78 is 27.8. The van der Waals surface area contributed by atoms with E-state index < -0.39 is 0 Å². The first-order chi connectivity index (χ1) is 14.8. The first-order valence-corrected chi connectivity index (χ1v) is 10.7. The Balaban J connectivity index is 1.31. The molecule has 164 valence electrons. The van der Waals surface area contributed by atoms with Crippen molar-refractivity contribution in [1.82, 2.24) is 5.32 Å². The van der Waals surface area contributed by atoms with Crippen LogP contribution in [0.25, 0.3) is 0 Å². The zero-order valence-corrected chi connectivity index (χ0v) is 18.0. The summed E-state index contributed by atoms with van der Waals surface area (Å²) in [5, 5.41) is 3.54. The average Bonchev–Trinajstić information content (AvgIpc) is 3.31. The highest BCUT2D eigenvalue weighted by molar-refractivity contribution is 5.43. The van der Waals surface area contributed by atoms with Gasteiger partial charge >= 0.3 is 0 Å². The van der Waals surface area contributed by atoms with Gasteiger partial charge in [-0.25, -0.2) is 0 Å². The third-order valence-corrected chi connectivity index (χ3v) is 5.21. The van der Waals surface area contributed by atoms with E-state index in [0.717, 1.165) is 30.2 Å². The molecule has 0 aromatic heterocycles. The van der Waals surface area contributed by atoms with E-state index in [1.165, 1.54) is 25.7 Å². The Morgan fingerprint density at radius 1 is 0.800 bits per heavy atom. The van der Waals surface area contributed by atoms with Crippen LogP contribution in [0.4, 0.5) is 0 Å². The lowest BCUT2D eigenvalue weighted by molar-refractivity contribution is 0.100. The third-order valence-electron chi connectivity index (χ3n) is 5.21. The molecule has 0 spiro atoms. The predicted molar refractivity (Wildman–Crippen MR) is 117 cm³/mol. The zero-order chi connectivity index (χ0) is 21.0. The molecule has 1 saturated carbocycles. The summed E-state index contributed by atoms with van der Waals surface area (Å²) in [6, 6.07) is 14.1. The molecule has 0 saturated heterocycles. The maximum atomic E-state index is 5.85. The molecule has 30 heavy (non-hydrogen) atoms. The van der Waals surface area contributed by atoms with Crippen LogP contribution in [0.2, 0.25) is 0 Å². The zero-order valence-electron chi connectivity index (χ0n) is 18.0. The molecular formula is C24H33NO5. The second kappa shape index (κ2) is 12.3. The highest BCUT2D eigenvalue weighted by Crippen LogP contribution is 2.28. The van der Waals surface area contributed by atoms with Gasteiger partial charge in [0.1, 0.15) is 24.7 Å². The van der Waals surface area contributed by atoms with E-state index in [-0.39, 0.29) is 0 Å². The van der Waals surface area contributed by atoms with Gasteiger partial charge < -0.3 is 29.0 Å². The predicted octanol–water partition coefficient (Wildman–Crippen LogP) is 4.21. The van der Waals surface area contributed by atoms with Crippen molar-refractivity contribution in [3.05, 3.63) is 48.0 Å². The number of ether oxygens (including phenoxy) is 5. The minimum Gasteiger partial charge on any atom is -0.493 e. The highest BCUT2D eigenvalue weighted by atomic mass is 16.5. The van der Waals surface area contributed by atoms with Gasteiger partial charge in [0.2, 0.25) is 0 Å². The van der Waals surface area contributed by atoms with E-state index in [4.69, 9.17) is 23.7 Å². The highest BCUT2D eigenvalue weighted by Gasteiger charge is 2.13. The fourth-order valence-electron chi connectivity index (χ4n) is 3.55. The minimum absolute atomic E-state index is 0.448. The standard InChI is InChI=1S/C24H33NO5/c1-26-23-12-7-19(17-24(23)27-2)18-30-22-10-8-21(9-11-22)29-16-15-28-14-13-25-20-5-3-4-6-20/h7-12,17,20,25H,3-6,13-16,18H2,1-2H3. The summed E-state index contributed by atoms with van der Waals surface area (Å²) in [5.74, 6) is 2.99. The second-order valence-corrected chi connectivity index (χ2v) is 7.35. The van der Waals surface area contributed by atoms with Crippen molar-refractivity contribution in [2.45, 2.75) is 38.3 Å². The van der Waals surface area contributed by atoms with Crippen LogP contribution in [0.1, 0.15) is 31.2 Å². The van der Waals surface area contributed by atoms with Gasteiger partial charge in [-0.1, -0.05) is 18.9 Å². The topological polar surface area (TPSA) is 58.2 Å². The lowest BCUT2D eigenvalue weighted by atomic mass is 10.2. The van der Waals surface area contributed by atoms with Gasteiger partial charge in [-0.3, -0.25) is 0 Å². The fourth-order valence-corrected chi connectivity index (χ4v) is 3.55. The molecule has 0 aliphatic heterocycles. The van der Waals surface area contributed by atoms with Crippen LogP contribution in [0.15, 0.2) is 42.5 Å². The molecule has 6 nitrogen and oxygen atoms in total. The molecule has 1 aliphatic rings. The van der Waals surface area contributed by atoms with Crippen molar-refractivity contribution in [1.29, 1.82) is 0 Å². The molecule has 1 fully saturated rings. The molecule has 0 amide bonds. The van der Waals surface area contributed by atoms with Gasteiger partial charge in [-0.05, 0) is 54.8 Å². The van der Waals surface area contributed by atoms with Gasteiger partial charge in [0.25, 0.3) is 0 Å². The molecule has 1 N–H and O–H groups in total. The van der Waals surface area contributed by atoms with Crippen LogP contribution in [-0.2, 0) is 11.3 Å². The SMILES string of the molecule is COc1ccc(COc2ccc(OCCOCCNC3CCCC3)cc2)cc1OC. The third kappa shape index (κ3) is 7.11. The summed E-state index contributed by atoms with van der Waals surface area (Å²) in [6.07, 6.45) is 5.31. The largest absolute Gasteiger partial charge is 0.493 e.